The van der Waals surface area contributed by atoms with Crippen LogP contribution in [0, 0.1) is 6.92 Å². The van der Waals surface area contributed by atoms with Crippen LogP contribution >= 0.6 is 0 Å². The maximum Gasteiger partial charge on any atom is 0.100 e. The summed E-state index contributed by atoms with van der Waals surface area (Å²) < 4.78 is 2.14. The Kier molecular flexibility index (Phi) is 3.24. The maximum atomic E-state index is 4.89. The van der Waals surface area contributed by atoms with Gasteiger partial charge in [-0.1, -0.05) is 23.8 Å². The molecular formula is C18H18N4. The van der Waals surface area contributed by atoms with Crippen LogP contribution in [-0.2, 0) is 13.1 Å². The van der Waals surface area contributed by atoms with Gasteiger partial charge in [0.1, 0.15) is 5.69 Å². The fourth-order valence-electron chi connectivity index (χ4n) is 3.07. The minimum atomic E-state index is 0.858. The van der Waals surface area contributed by atoms with Crippen molar-refractivity contribution in [2.75, 3.05) is 6.54 Å². The molecule has 0 bridgehead atoms. The van der Waals surface area contributed by atoms with Crippen molar-refractivity contribution in [3.63, 3.8) is 0 Å². The molecule has 4 rings (SSSR count). The molecule has 3 heterocycles. The van der Waals surface area contributed by atoms with Crippen molar-refractivity contribution in [3.8, 4) is 22.4 Å². The van der Waals surface area contributed by atoms with Gasteiger partial charge in [-0.05, 0) is 30.7 Å². The fraction of sp³-hybridized carbons (Fsp3) is 0.222. The Morgan fingerprint density at radius 3 is 2.77 bits per heavy atom. The largest absolute Gasteiger partial charge is 0.309 e. The van der Waals surface area contributed by atoms with Crippen LogP contribution in [0.2, 0.25) is 0 Å². The predicted octanol–water partition coefficient (Wildman–Crippen LogP) is 3.02. The van der Waals surface area contributed by atoms with Gasteiger partial charge >= 0.3 is 0 Å². The van der Waals surface area contributed by atoms with Crippen molar-refractivity contribution in [1.82, 2.24) is 20.1 Å². The standard InChI is InChI=1S/C18H18N4/c1-13-3-2-4-15(11-13)18-17(14-5-7-19-8-6-14)16-12-20-9-10-22(16)21-18/h2-8,11,20H,9-10,12H2,1H3. The van der Waals surface area contributed by atoms with Gasteiger partial charge in [0.15, 0.2) is 0 Å². The maximum absolute atomic E-state index is 4.89. The van der Waals surface area contributed by atoms with Crippen LogP contribution in [0.1, 0.15) is 11.3 Å². The SMILES string of the molecule is Cc1cccc(-c2nn3c(c2-c2ccncc2)CNCC3)c1. The zero-order valence-corrected chi connectivity index (χ0v) is 12.6. The van der Waals surface area contributed by atoms with Gasteiger partial charge in [-0.3, -0.25) is 9.67 Å². The molecule has 4 nitrogen and oxygen atoms in total. The second-order valence-corrected chi connectivity index (χ2v) is 5.68. The topological polar surface area (TPSA) is 42.7 Å². The first kappa shape index (κ1) is 13.2. The molecule has 1 N–H and O–H groups in total. The van der Waals surface area contributed by atoms with Gasteiger partial charge in [-0.25, -0.2) is 0 Å². The molecule has 22 heavy (non-hydrogen) atoms. The first-order valence-corrected chi connectivity index (χ1v) is 7.61. The van der Waals surface area contributed by atoms with Crippen molar-refractivity contribution in [3.05, 3.63) is 60.0 Å². The average molecular weight is 290 g/mol. The Morgan fingerprint density at radius 2 is 1.95 bits per heavy atom. The number of pyridine rings is 1. The summed E-state index contributed by atoms with van der Waals surface area (Å²) in [6.07, 6.45) is 3.69. The molecule has 2 aromatic heterocycles. The van der Waals surface area contributed by atoms with E-state index >= 15 is 0 Å². The summed E-state index contributed by atoms with van der Waals surface area (Å²) in [5, 5.41) is 8.35. The summed E-state index contributed by atoms with van der Waals surface area (Å²) in [5.74, 6) is 0. The number of rotatable bonds is 2. The van der Waals surface area contributed by atoms with Crippen molar-refractivity contribution in [2.45, 2.75) is 20.0 Å². The summed E-state index contributed by atoms with van der Waals surface area (Å²) >= 11 is 0. The molecule has 0 saturated carbocycles. The van der Waals surface area contributed by atoms with Gasteiger partial charge in [0, 0.05) is 36.6 Å². The zero-order valence-electron chi connectivity index (χ0n) is 12.6. The Labute approximate surface area is 129 Å². The van der Waals surface area contributed by atoms with Crippen molar-refractivity contribution in [1.29, 1.82) is 0 Å². The van der Waals surface area contributed by atoms with E-state index in [2.05, 4.69) is 58.3 Å². The molecule has 0 saturated heterocycles. The molecule has 1 aromatic carbocycles. The summed E-state index contributed by atoms with van der Waals surface area (Å²) in [6, 6.07) is 12.7. The Balaban J connectivity index is 1.96. The lowest BCUT2D eigenvalue weighted by molar-refractivity contribution is 0.477. The molecule has 0 radical (unpaired) electrons. The molecule has 0 unspecified atom stereocenters. The van der Waals surface area contributed by atoms with E-state index in [9.17, 15) is 0 Å². The molecular weight excluding hydrogens is 272 g/mol. The number of hydrogen-bond acceptors (Lipinski definition) is 3. The Hall–Kier alpha value is -2.46. The number of aromatic nitrogens is 3. The number of nitrogens with zero attached hydrogens (tertiary/aromatic N) is 3. The second kappa shape index (κ2) is 5.39. The van der Waals surface area contributed by atoms with Gasteiger partial charge in [0.2, 0.25) is 0 Å². The monoisotopic (exact) mass is 290 g/mol. The number of aryl methyl sites for hydroxylation is 1. The summed E-state index contributed by atoms with van der Waals surface area (Å²) in [4.78, 5) is 4.14. The van der Waals surface area contributed by atoms with Crippen LogP contribution in [-0.4, -0.2) is 21.3 Å². The zero-order chi connectivity index (χ0) is 14.9. The highest BCUT2D eigenvalue weighted by atomic mass is 15.3. The molecule has 4 heteroatoms. The molecule has 0 spiro atoms. The normalized spacial score (nSPS) is 13.9. The Bertz CT molecular complexity index is 805. The van der Waals surface area contributed by atoms with Gasteiger partial charge in [-0.2, -0.15) is 5.10 Å². The highest BCUT2D eigenvalue weighted by molar-refractivity contribution is 5.83. The van der Waals surface area contributed by atoms with E-state index in [-0.39, 0.29) is 0 Å². The molecule has 1 aliphatic rings. The van der Waals surface area contributed by atoms with E-state index in [4.69, 9.17) is 5.10 Å². The van der Waals surface area contributed by atoms with Crippen LogP contribution in [0.25, 0.3) is 22.4 Å². The van der Waals surface area contributed by atoms with Crippen LogP contribution < -0.4 is 5.32 Å². The number of benzene rings is 1. The van der Waals surface area contributed by atoms with E-state index in [0.29, 0.717) is 0 Å². The van der Waals surface area contributed by atoms with Crippen molar-refractivity contribution >= 4 is 0 Å². The van der Waals surface area contributed by atoms with Gasteiger partial charge in [0.25, 0.3) is 0 Å². The average Bonchev–Trinajstić information content (AvgIpc) is 2.95. The van der Waals surface area contributed by atoms with Crippen molar-refractivity contribution in [2.24, 2.45) is 0 Å². The summed E-state index contributed by atoms with van der Waals surface area (Å²) in [7, 11) is 0. The molecule has 3 aromatic rings. The first-order valence-electron chi connectivity index (χ1n) is 7.61. The molecule has 110 valence electrons. The first-order chi connectivity index (χ1) is 10.8. The summed E-state index contributed by atoms with van der Waals surface area (Å²) in [6.45, 7) is 4.86. The second-order valence-electron chi connectivity index (χ2n) is 5.68. The quantitative estimate of drug-likeness (QED) is 0.789. The van der Waals surface area contributed by atoms with Crippen molar-refractivity contribution < 1.29 is 0 Å². The number of fused-ring (bicyclic) bond motifs is 1. The van der Waals surface area contributed by atoms with Gasteiger partial charge in [-0.15, -0.1) is 0 Å². The molecule has 0 fully saturated rings. The lowest BCUT2D eigenvalue weighted by Gasteiger charge is -2.16. The highest BCUT2D eigenvalue weighted by Crippen LogP contribution is 2.35. The van der Waals surface area contributed by atoms with E-state index < -0.39 is 0 Å². The molecule has 0 atom stereocenters. The smallest absolute Gasteiger partial charge is 0.100 e. The predicted molar refractivity (Wildman–Crippen MR) is 87.3 cm³/mol. The number of hydrogen-bond donors (Lipinski definition) is 1. The van der Waals surface area contributed by atoms with Crippen LogP contribution in [0.15, 0.2) is 48.8 Å². The Morgan fingerprint density at radius 1 is 1.09 bits per heavy atom. The van der Waals surface area contributed by atoms with E-state index in [1.807, 2.05) is 12.4 Å². The van der Waals surface area contributed by atoms with E-state index in [1.165, 1.54) is 27.9 Å². The lowest BCUT2D eigenvalue weighted by Crippen LogP contribution is -2.28. The minimum Gasteiger partial charge on any atom is -0.309 e. The number of nitrogens with one attached hydrogen (secondary N) is 1. The molecule has 0 amide bonds. The lowest BCUT2D eigenvalue weighted by atomic mass is 9.98. The van der Waals surface area contributed by atoms with Crippen LogP contribution in [0.4, 0.5) is 0 Å². The minimum absolute atomic E-state index is 0.858. The third-order valence-electron chi connectivity index (χ3n) is 4.11. The van der Waals surface area contributed by atoms with E-state index in [1.54, 1.807) is 0 Å². The fourth-order valence-corrected chi connectivity index (χ4v) is 3.07. The van der Waals surface area contributed by atoms with Crippen LogP contribution in [0.3, 0.4) is 0 Å². The molecule has 1 aliphatic heterocycles. The third-order valence-corrected chi connectivity index (χ3v) is 4.11. The van der Waals surface area contributed by atoms with Crippen LogP contribution in [0.5, 0.6) is 0 Å². The van der Waals surface area contributed by atoms with Gasteiger partial charge < -0.3 is 5.32 Å². The third kappa shape index (κ3) is 2.22. The van der Waals surface area contributed by atoms with E-state index in [0.717, 1.165) is 25.3 Å². The van der Waals surface area contributed by atoms with Gasteiger partial charge in [0.05, 0.1) is 12.2 Å². The highest BCUT2D eigenvalue weighted by Gasteiger charge is 2.22. The summed E-state index contributed by atoms with van der Waals surface area (Å²) in [5.41, 5.74) is 7.15. The molecule has 0 aliphatic carbocycles.